The first kappa shape index (κ1) is 14.9. The molecular weight excluding hydrogens is 296 g/mol. The maximum absolute atomic E-state index is 5.41. The molecule has 0 N–H and O–H groups in total. The van der Waals surface area contributed by atoms with Gasteiger partial charge in [-0.15, -0.1) is 0 Å². The summed E-state index contributed by atoms with van der Waals surface area (Å²) in [6.45, 7) is 3.57. The van der Waals surface area contributed by atoms with Crippen molar-refractivity contribution < 1.29 is 4.74 Å². The molecule has 2 heterocycles. The maximum Gasteiger partial charge on any atom is 0.0707 e. The van der Waals surface area contributed by atoms with Gasteiger partial charge < -0.3 is 9.64 Å². The van der Waals surface area contributed by atoms with Crippen molar-refractivity contribution >= 4 is 28.7 Å². The number of anilines is 1. The molecule has 1 fully saturated rings. The zero-order chi connectivity index (χ0) is 16.2. The lowest BCUT2D eigenvalue weighted by Crippen LogP contribution is -2.36. The van der Waals surface area contributed by atoms with Crippen LogP contribution in [0.2, 0.25) is 0 Å². The van der Waals surface area contributed by atoms with Crippen LogP contribution in [0.5, 0.6) is 0 Å². The first-order valence-corrected chi connectivity index (χ1v) is 8.35. The van der Waals surface area contributed by atoms with Crippen molar-refractivity contribution in [2.75, 3.05) is 31.2 Å². The van der Waals surface area contributed by atoms with Crippen LogP contribution in [0.15, 0.2) is 60.8 Å². The molecule has 0 aliphatic carbocycles. The van der Waals surface area contributed by atoms with E-state index in [0.29, 0.717) is 0 Å². The van der Waals surface area contributed by atoms with E-state index >= 15 is 0 Å². The molecule has 0 spiro atoms. The minimum atomic E-state index is 0.816. The van der Waals surface area contributed by atoms with Crippen molar-refractivity contribution in [1.29, 1.82) is 0 Å². The van der Waals surface area contributed by atoms with Crippen molar-refractivity contribution in [2.24, 2.45) is 0 Å². The molecule has 3 nitrogen and oxygen atoms in total. The quantitative estimate of drug-likeness (QED) is 0.722. The van der Waals surface area contributed by atoms with Gasteiger partial charge in [-0.05, 0) is 35.4 Å². The highest BCUT2D eigenvalue weighted by molar-refractivity contribution is 5.90. The Labute approximate surface area is 142 Å². The van der Waals surface area contributed by atoms with E-state index in [1.165, 1.54) is 22.2 Å². The Morgan fingerprint density at radius 2 is 1.67 bits per heavy atom. The smallest absolute Gasteiger partial charge is 0.0707 e. The Morgan fingerprint density at radius 3 is 2.50 bits per heavy atom. The van der Waals surface area contributed by atoms with Gasteiger partial charge in [-0.1, -0.05) is 42.5 Å². The molecule has 4 rings (SSSR count). The Morgan fingerprint density at radius 1 is 0.875 bits per heavy atom. The van der Waals surface area contributed by atoms with Crippen molar-refractivity contribution in [3.05, 3.63) is 71.9 Å². The molecule has 3 aromatic rings. The number of para-hydroxylation sites is 1. The highest BCUT2D eigenvalue weighted by atomic mass is 16.5. The Bertz CT molecular complexity index is 844. The van der Waals surface area contributed by atoms with Gasteiger partial charge in [0.2, 0.25) is 0 Å². The van der Waals surface area contributed by atoms with E-state index in [2.05, 4.69) is 64.5 Å². The number of hydrogen-bond donors (Lipinski definition) is 0. The summed E-state index contributed by atoms with van der Waals surface area (Å²) in [4.78, 5) is 6.78. The van der Waals surface area contributed by atoms with Gasteiger partial charge in [-0.2, -0.15) is 0 Å². The SMILES string of the molecule is C(=C\c1ccnc2ccccc12)/c1ccc(N2CCOCC2)cc1. The normalized spacial score (nSPS) is 15.2. The predicted octanol–water partition coefficient (Wildman–Crippen LogP) is 4.24. The molecule has 1 aliphatic heterocycles. The second-order valence-corrected chi connectivity index (χ2v) is 5.94. The fourth-order valence-corrected chi connectivity index (χ4v) is 3.07. The first-order valence-electron chi connectivity index (χ1n) is 8.35. The summed E-state index contributed by atoms with van der Waals surface area (Å²) in [5.41, 5.74) is 4.69. The summed E-state index contributed by atoms with van der Waals surface area (Å²) in [7, 11) is 0. The van der Waals surface area contributed by atoms with Gasteiger partial charge in [-0.3, -0.25) is 4.98 Å². The number of fused-ring (bicyclic) bond motifs is 1. The number of benzene rings is 2. The zero-order valence-corrected chi connectivity index (χ0v) is 13.6. The molecule has 0 unspecified atom stereocenters. The molecule has 1 aliphatic rings. The van der Waals surface area contributed by atoms with Crippen LogP contribution in [0.3, 0.4) is 0 Å². The second kappa shape index (κ2) is 6.85. The van der Waals surface area contributed by atoms with E-state index in [1.807, 2.05) is 18.3 Å². The van der Waals surface area contributed by atoms with Crippen LogP contribution in [0.4, 0.5) is 5.69 Å². The lowest BCUT2D eigenvalue weighted by Gasteiger charge is -2.28. The number of ether oxygens (including phenoxy) is 1. The summed E-state index contributed by atoms with van der Waals surface area (Å²) in [5.74, 6) is 0. The van der Waals surface area contributed by atoms with Gasteiger partial charge in [0, 0.05) is 30.4 Å². The van der Waals surface area contributed by atoms with E-state index in [-0.39, 0.29) is 0 Å². The molecular formula is C21H20N2O. The Balaban J connectivity index is 1.55. The van der Waals surface area contributed by atoms with E-state index < -0.39 is 0 Å². The Kier molecular flexibility index (Phi) is 4.26. The largest absolute Gasteiger partial charge is 0.378 e. The molecule has 120 valence electrons. The molecule has 0 radical (unpaired) electrons. The number of nitrogens with zero attached hydrogens (tertiary/aromatic N) is 2. The van der Waals surface area contributed by atoms with E-state index in [9.17, 15) is 0 Å². The van der Waals surface area contributed by atoms with Crippen LogP contribution < -0.4 is 4.90 Å². The van der Waals surface area contributed by atoms with Gasteiger partial charge in [-0.25, -0.2) is 0 Å². The number of morpholine rings is 1. The molecule has 2 aromatic carbocycles. The molecule has 1 aromatic heterocycles. The fraction of sp³-hybridized carbons (Fsp3) is 0.190. The highest BCUT2D eigenvalue weighted by Crippen LogP contribution is 2.20. The van der Waals surface area contributed by atoms with Crippen LogP contribution in [0.1, 0.15) is 11.1 Å². The predicted molar refractivity (Wildman–Crippen MR) is 100 cm³/mol. The molecule has 0 saturated carbocycles. The fourth-order valence-electron chi connectivity index (χ4n) is 3.07. The van der Waals surface area contributed by atoms with Crippen LogP contribution in [-0.2, 0) is 4.74 Å². The number of aromatic nitrogens is 1. The maximum atomic E-state index is 5.41. The Hall–Kier alpha value is -2.65. The van der Waals surface area contributed by atoms with Crippen molar-refractivity contribution in [1.82, 2.24) is 4.98 Å². The monoisotopic (exact) mass is 316 g/mol. The van der Waals surface area contributed by atoms with Crippen LogP contribution >= 0.6 is 0 Å². The third-order valence-electron chi connectivity index (χ3n) is 4.41. The number of rotatable bonds is 3. The topological polar surface area (TPSA) is 25.4 Å². The molecule has 0 amide bonds. The molecule has 0 atom stereocenters. The molecule has 0 bridgehead atoms. The van der Waals surface area contributed by atoms with Crippen LogP contribution in [-0.4, -0.2) is 31.3 Å². The summed E-state index contributed by atoms with van der Waals surface area (Å²) >= 11 is 0. The molecule has 1 saturated heterocycles. The minimum Gasteiger partial charge on any atom is -0.378 e. The highest BCUT2D eigenvalue weighted by Gasteiger charge is 2.10. The van der Waals surface area contributed by atoms with Gasteiger partial charge in [0.1, 0.15) is 0 Å². The van der Waals surface area contributed by atoms with Crippen molar-refractivity contribution in [2.45, 2.75) is 0 Å². The third-order valence-corrected chi connectivity index (χ3v) is 4.41. The average molecular weight is 316 g/mol. The molecule has 3 heteroatoms. The summed E-state index contributed by atoms with van der Waals surface area (Å²) in [6.07, 6.45) is 6.18. The van der Waals surface area contributed by atoms with Gasteiger partial charge >= 0.3 is 0 Å². The van der Waals surface area contributed by atoms with Gasteiger partial charge in [0.25, 0.3) is 0 Å². The van der Waals surface area contributed by atoms with Gasteiger partial charge in [0.15, 0.2) is 0 Å². The standard InChI is InChI=1S/C21H20N2O/c1-2-4-21-20(3-1)18(11-12-22-21)8-5-17-6-9-19(10-7-17)23-13-15-24-16-14-23/h1-12H,13-16H2/b8-5+. The molecule has 24 heavy (non-hydrogen) atoms. The van der Waals surface area contributed by atoms with E-state index in [0.717, 1.165) is 31.8 Å². The first-order chi connectivity index (χ1) is 11.9. The van der Waals surface area contributed by atoms with Crippen molar-refractivity contribution in [3.8, 4) is 0 Å². The van der Waals surface area contributed by atoms with E-state index in [1.54, 1.807) is 0 Å². The summed E-state index contributed by atoms with van der Waals surface area (Å²) in [5, 5.41) is 1.18. The van der Waals surface area contributed by atoms with Crippen molar-refractivity contribution in [3.63, 3.8) is 0 Å². The number of hydrogen-bond acceptors (Lipinski definition) is 3. The summed E-state index contributed by atoms with van der Waals surface area (Å²) in [6, 6.07) is 19.0. The zero-order valence-electron chi connectivity index (χ0n) is 13.6. The third kappa shape index (κ3) is 3.17. The lowest BCUT2D eigenvalue weighted by atomic mass is 10.1. The number of pyridine rings is 1. The summed E-state index contributed by atoms with van der Waals surface area (Å²) < 4.78 is 5.41. The van der Waals surface area contributed by atoms with Crippen LogP contribution in [0, 0.1) is 0 Å². The minimum absolute atomic E-state index is 0.816. The van der Waals surface area contributed by atoms with E-state index in [4.69, 9.17) is 4.74 Å². The van der Waals surface area contributed by atoms with Crippen LogP contribution in [0.25, 0.3) is 23.1 Å². The van der Waals surface area contributed by atoms with Gasteiger partial charge in [0.05, 0.1) is 18.7 Å². The average Bonchev–Trinajstić information content (AvgIpc) is 2.67. The second-order valence-electron chi connectivity index (χ2n) is 5.94. The lowest BCUT2D eigenvalue weighted by molar-refractivity contribution is 0.122.